The van der Waals surface area contributed by atoms with Gasteiger partial charge in [0, 0.05) is 52.0 Å². The fourth-order valence-electron chi connectivity index (χ4n) is 3.18. The number of carbonyl (C=O) groups excluding carboxylic acids is 2. The number of rotatable bonds is 5. The van der Waals surface area contributed by atoms with Gasteiger partial charge in [0.25, 0.3) is 0 Å². The van der Waals surface area contributed by atoms with Gasteiger partial charge in [-0.1, -0.05) is 29.8 Å². The number of amides is 2. The molecule has 7 heteroatoms. The van der Waals surface area contributed by atoms with Crippen molar-refractivity contribution >= 4 is 17.8 Å². The first-order valence-electron chi connectivity index (χ1n) is 9.14. The largest absolute Gasteiger partial charge is 0.338 e. The van der Waals surface area contributed by atoms with E-state index in [2.05, 4.69) is 14.9 Å². The molecule has 0 spiro atoms. The van der Waals surface area contributed by atoms with Crippen LogP contribution in [0.25, 0.3) is 0 Å². The van der Waals surface area contributed by atoms with Crippen LogP contribution in [0, 0.1) is 6.92 Å². The number of anilines is 1. The van der Waals surface area contributed by atoms with Gasteiger partial charge in [-0.2, -0.15) is 0 Å². The molecule has 0 aliphatic carbocycles. The van der Waals surface area contributed by atoms with E-state index in [-0.39, 0.29) is 18.4 Å². The van der Waals surface area contributed by atoms with Gasteiger partial charge in [0.05, 0.1) is 0 Å². The van der Waals surface area contributed by atoms with Gasteiger partial charge >= 0.3 is 0 Å². The molecule has 0 unspecified atom stereocenters. The highest BCUT2D eigenvalue weighted by Crippen LogP contribution is 2.12. The molecule has 0 atom stereocenters. The summed E-state index contributed by atoms with van der Waals surface area (Å²) in [7, 11) is 0. The van der Waals surface area contributed by atoms with Crippen LogP contribution in [0.2, 0.25) is 0 Å². The van der Waals surface area contributed by atoms with E-state index in [4.69, 9.17) is 0 Å². The van der Waals surface area contributed by atoms with Gasteiger partial charge in [-0.25, -0.2) is 9.97 Å². The molecule has 1 saturated heterocycles. The fourth-order valence-corrected chi connectivity index (χ4v) is 3.18. The molecule has 1 aliphatic heterocycles. The number of benzene rings is 1. The number of hydrogen-bond donors (Lipinski definition) is 0. The van der Waals surface area contributed by atoms with Crippen molar-refractivity contribution in [1.29, 1.82) is 0 Å². The fraction of sp³-hybridized carbons (Fsp3) is 0.400. The lowest BCUT2D eigenvalue weighted by atomic mass is 10.1. The highest BCUT2D eigenvalue weighted by molar-refractivity contribution is 5.84. The third kappa shape index (κ3) is 5.03. The maximum Gasteiger partial charge on any atom is 0.242 e. The van der Waals surface area contributed by atoms with E-state index in [9.17, 15) is 9.59 Å². The first-order valence-corrected chi connectivity index (χ1v) is 9.14. The summed E-state index contributed by atoms with van der Waals surface area (Å²) in [6, 6.07) is 9.79. The minimum absolute atomic E-state index is 0.0218. The van der Waals surface area contributed by atoms with Crippen LogP contribution in [-0.4, -0.2) is 64.3 Å². The van der Waals surface area contributed by atoms with Crippen LogP contribution in [0.1, 0.15) is 18.1 Å². The molecule has 1 aromatic heterocycles. The van der Waals surface area contributed by atoms with E-state index in [0.717, 1.165) is 11.1 Å². The van der Waals surface area contributed by atoms with E-state index < -0.39 is 0 Å². The van der Waals surface area contributed by atoms with Crippen molar-refractivity contribution in [3.8, 4) is 0 Å². The molecule has 1 aliphatic rings. The third-order valence-corrected chi connectivity index (χ3v) is 4.69. The maximum absolute atomic E-state index is 12.7. The maximum atomic E-state index is 12.7. The number of piperazine rings is 1. The lowest BCUT2D eigenvalue weighted by Crippen LogP contribution is -2.52. The third-order valence-electron chi connectivity index (χ3n) is 4.69. The van der Waals surface area contributed by atoms with Crippen molar-refractivity contribution in [3.63, 3.8) is 0 Å². The van der Waals surface area contributed by atoms with Crippen molar-refractivity contribution < 1.29 is 9.59 Å². The van der Waals surface area contributed by atoms with E-state index >= 15 is 0 Å². The zero-order valence-corrected chi connectivity index (χ0v) is 15.8. The summed E-state index contributed by atoms with van der Waals surface area (Å²) < 4.78 is 0. The van der Waals surface area contributed by atoms with Gasteiger partial charge in [0.15, 0.2) is 0 Å². The molecule has 0 N–H and O–H groups in total. The molecule has 0 bridgehead atoms. The van der Waals surface area contributed by atoms with Crippen LogP contribution in [0.4, 0.5) is 5.95 Å². The number of aryl methyl sites for hydroxylation is 1. The van der Waals surface area contributed by atoms with Crippen molar-refractivity contribution in [2.75, 3.05) is 37.6 Å². The normalized spacial score (nSPS) is 14.1. The minimum Gasteiger partial charge on any atom is -0.338 e. The predicted molar refractivity (Wildman–Crippen MR) is 103 cm³/mol. The molecule has 27 heavy (non-hydrogen) atoms. The van der Waals surface area contributed by atoms with Crippen LogP contribution in [0.15, 0.2) is 42.7 Å². The molecular formula is C20H25N5O2. The van der Waals surface area contributed by atoms with E-state index in [0.29, 0.717) is 38.7 Å². The van der Waals surface area contributed by atoms with Crippen LogP contribution in [-0.2, 0) is 16.1 Å². The number of carbonyl (C=O) groups is 2. The molecule has 142 valence electrons. The second-order valence-electron chi connectivity index (χ2n) is 6.78. The highest BCUT2D eigenvalue weighted by atomic mass is 16.2. The van der Waals surface area contributed by atoms with Crippen molar-refractivity contribution in [2.24, 2.45) is 0 Å². The molecular weight excluding hydrogens is 342 g/mol. The molecule has 0 radical (unpaired) electrons. The average Bonchev–Trinajstić information content (AvgIpc) is 2.68. The second-order valence-corrected chi connectivity index (χ2v) is 6.78. The molecule has 1 aromatic carbocycles. The first kappa shape index (κ1) is 18.8. The minimum atomic E-state index is -0.0961. The van der Waals surface area contributed by atoms with E-state index in [1.807, 2.05) is 36.1 Å². The zero-order chi connectivity index (χ0) is 19.2. The Balaban J connectivity index is 1.56. The average molecular weight is 367 g/mol. The first-order chi connectivity index (χ1) is 13.0. The Kier molecular flexibility index (Phi) is 6.01. The zero-order valence-electron chi connectivity index (χ0n) is 15.8. The Morgan fingerprint density at radius 1 is 1.07 bits per heavy atom. The van der Waals surface area contributed by atoms with Crippen molar-refractivity contribution in [2.45, 2.75) is 20.4 Å². The Morgan fingerprint density at radius 2 is 1.78 bits per heavy atom. The van der Waals surface area contributed by atoms with E-state index in [1.54, 1.807) is 23.4 Å². The number of hydrogen-bond acceptors (Lipinski definition) is 5. The summed E-state index contributed by atoms with van der Waals surface area (Å²) in [6.45, 7) is 6.66. The topological polar surface area (TPSA) is 69.6 Å². The lowest BCUT2D eigenvalue weighted by Gasteiger charge is -2.35. The SMILES string of the molecule is CC(=O)N(CC(=O)N1CCN(c2ncccn2)CC1)Cc1cccc(C)c1. The Morgan fingerprint density at radius 3 is 2.41 bits per heavy atom. The highest BCUT2D eigenvalue weighted by Gasteiger charge is 2.24. The van der Waals surface area contributed by atoms with Crippen molar-refractivity contribution in [3.05, 3.63) is 53.9 Å². The van der Waals surface area contributed by atoms with Crippen LogP contribution in [0.5, 0.6) is 0 Å². The predicted octanol–water partition coefficient (Wildman–Crippen LogP) is 1.48. The summed E-state index contributed by atoms with van der Waals surface area (Å²) in [6.07, 6.45) is 3.44. The molecule has 1 fully saturated rings. The molecule has 0 saturated carbocycles. The van der Waals surface area contributed by atoms with Gasteiger partial charge in [0.2, 0.25) is 17.8 Å². The number of aromatic nitrogens is 2. The number of nitrogens with zero attached hydrogens (tertiary/aromatic N) is 5. The summed E-state index contributed by atoms with van der Waals surface area (Å²) >= 11 is 0. The molecule has 3 rings (SSSR count). The Bertz CT molecular complexity index is 788. The van der Waals surface area contributed by atoms with Crippen LogP contribution in [0.3, 0.4) is 0 Å². The molecule has 2 heterocycles. The molecule has 2 aromatic rings. The second kappa shape index (κ2) is 8.62. The molecule has 2 amide bonds. The summed E-state index contributed by atoms with van der Waals surface area (Å²) in [5.41, 5.74) is 2.17. The van der Waals surface area contributed by atoms with Gasteiger partial charge in [-0.15, -0.1) is 0 Å². The standard InChI is InChI=1S/C20H25N5O2/c1-16-5-3-6-18(13-16)14-25(17(2)26)15-19(27)23-9-11-24(12-10-23)20-21-7-4-8-22-20/h3-8,13H,9-12,14-15H2,1-2H3. The Hall–Kier alpha value is -2.96. The van der Waals surface area contributed by atoms with Gasteiger partial charge < -0.3 is 14.7 Å². The Labute approximate surface area is 159 Å². The lowest BCUT2D eigenvalue weighted by molar-refractivity contribution is -0.140. The summed E-state index contributed by atoms with van der Waals surface area (Å²) in [5, 5.41) is 0. The quantitative estimate of drug-likeness (QED) is 0.801. The van der Waals surface area contributed by atoms with Crippen LogP contribution >= 0.6 is 0 Å². The smallest absolute Gasteiger partial charge is 0.242 e. The van der Waals surface area contributed by atoms with Crippen LogP contribution < -0.4 is 4.90 Å². The van der Waals surface area contributed by atoms with Gasteiger partial charge in [-0.05, 0) is 18.6 Å². The summed E-state index contributed by atoms with van der Waals surface area (Å²) in [4.78, 5) is 38.7. The van der Waals surface area contributed by atoms with Gasteiger partial charge in [0.1, 0.15) is 6.54 Å². The monoisotopic (exact) mass is 367 g/mol. The molecule has 7 nitrogen and oxygen atoms in total. The van der Waals surface area contributed by atoms with E-state index in [1.165, 1.54) is 6.92 Å². The van der Waals surface area contributed by atoms with Crippen molar-refractivity contribution in [1.82, 2.24) is 19.8 Å². The van der Waals surface area contributed by atoms with Gasteiger partial charge in [-0.3, -0.25) is 9.59 Å². The summed E-state index contributed by atoms with van der Waals surface area (Å²) in [5.74, 6) is 0.571.